The fourth-order valence-electron chi connectivity index (χ4n) is 13.8. The molecule has 2 saturated carbocycles. The molecule has 0 bridgehead atoms. The molecule has 111 heavy (non-hydrogen) atoms. The number of rotatable bonds is 23. The summed E-state index contributed by atoms with van der Waals surface area (Å²) >= 11 is 39.5. The molecule has 6 aromatic carbocycles. The summed E-state index contributed by atoms with van der Waals surface area (Å²) < 4.78 is 37.2. The van der Waals surface area contributed by atoms with Crippen molar-refractivity contribution in [3.05, 3.63) is 178 Å². The van der Waals surface area contributed by atoms with Crippen LogP contribution >= 0.6 is 69.6 Å². The first-order valence-electron chi connectivity index (χ1n) is 35.0. The Bertz CT molecular complexity index is 4990. The van der Waals surface area contributed by atoms with Crippen molar-refractivity contribution < 1.29 is 57.1 Å². The number of allylic oxidation sites excluding steroid dienone is 1. The van der Waals surface area contributed by atoms with Crippen LogP contribution in [0.2, 0.25) is 30.1 Å². The van der Waals surface area contributed by atoms with E-state index in [1.807, 2.05) is 54.6 Å². The number of anilines is 2. The van der Waals surface area contributed by atoms with Crippen LogP contribution in [0.15, 0.2) is 142 Å². The first-order valence-corrected chi connectivity index (χ1v) is 37.3. The number of nitrogens with zero attached hydrogens (tertiary/aromatic N) is 7. The molecule has 3 aromatic heterocycles. The zero-order chi connectivity index (χ0) is 80.1. The molecule has 582 valence electrons. The largest absolute Gasteiger partial charge is 0.495 e. The highest BCUT2D eigenvalue weighted by Gasteiger charge is 2.40. The zero-order valence-corrected chi connectivity index (χ0v) is 66.6. The van der Waals surface area contributed by atoms with Crippen molar-refractivity contribution in [1.82, 2.24) is 50.8 Å². The predicted molar refractivity (Wildman–Crippen MR) is 435 cm³/mol. The lowest BCUT2D eigenvalue weighted by molar-refractivity contribution is -0.145. The molecule has 1 aliphatic heterocycles. The van der Waals surface area contributed by atoms with Crippen molar-refractivity contribution in [2.45, 2.75) is 82.1 Å². The van der Waals surface area contributed by atoms with Crippen LogP contribution in [-0.4, -0.2) is 157 Å². The van der Waals surface area contributed by atoms with Gasteiger partial charge in [0.15, 0.2) is 0 Å². The van der Waals surface area contributed by atoms with Crippen LogP contribution in [0.1, 0.15) is 51.3 Å². The number of amides is 4. The lowest BCUT2D eigenvalue weighted by Gasteiger charge is -2.38. The number of piperidine rings is 1. The van der Waals surface area contributed by atoms with E-state index in [-0.39, 0.29) is 77.6 Å². The van der Waals surface area contributed by atoms with Gasteiger partial charge in [-0.05, 0) is 122 Å². The van der Waals surface area contributed by atoms with Crippen molar-refractivity contribution in [1.29, 1.82) is 0 Å². The Balaban J connectivity index is 0.000000177. The molecular formula is C80H83Cl6N13O12. The zero-order valence-electron chi connectivity index (χ0n) is 62.1. The summed E-state index contributed by atoms with van der Waals surface area (Å²) in [5, 5.41) is 20.2. The van der Waals surface area contributed by atoms with Crippen LogP contribution in [0.25, 0.3) is 66.1 Å². The van der Waals surface area contributed by atoms with Gasteiger partial charge in [0.1, 0.15) is 40.3 Å². The minimum absolute atomic E-state index is 0.0217. The van der Waals surface area contributed by atoms with E-state index in [0.717, 1.165) is 56.7 Å². The molecule has 12 rings (SSSR count). The second-order valence-corrected chi connectivity index (χ2v) is 28.6. The Morgan fingerprint density at radius 2 is 0.874 bits per heavy atom. The van der Waals surface area contributed by atoms with Crippen molar-refractivity contribution in [2.75, 3.05) is 73.5 Å². The third kappa shape index (κ3) is 19.3. The van der Waals surface area contributed by atoms with Gasteiger partial charge in [-0.25, -0.2) is 29.9 Å². The number of likely N-dealkylation sites (tertiary alicyclic amines) is 1. The van der Waals surface area contributed by atoms with Crippen molar-refractivity contribution in [2.24, 2.45) is 23.5 Å². The predicted octanol–water partition coefficient (Wildman–Crippen LogP) is 14.7. The lowest BCUT2D eigenvalue weighted by Crippen LogP contribution is -2.58. The average Bonchev–Trinajstić information content (AvgIpc) is 1.77. The highest BCUT2D eigenvalue weighted by Crippen LogP contribution is 2.50. The number of benzene rings is 6. The van der Waals surface area contributed by atoms with E-state index in [9.17, 15) is 24.0 Å². The van der Waals surface area contributed by atoms with Gasteiger partial charge in [0.05, 0.1) is 114 Å². The van der Waals surface area contributed by atoms with Crippen molar-refractivity contribution in [3.8, 4) is 67.9 Å². The number of carbonyl (C=O) groups excluding carboxylic acids is 5. The molecule has 3 aliphatic rings. The van der Waals surface area contributed by atoms with Crippen LogP contribution in [0.5, 0.6) is 34.5 Å². The number of ether oxygens (including phenoxy) is 7. The van der Waals surface area contributed by atoms with Gasteiger partial charge >= 0.3 is 5.97 Å². The molecule has 8 atom stereocenters. The van der Waals surface area contributed by atoms with E-state index in [0.29, 0.717) is 155 Å². The summed E-state index contributed by atoms with van der Waals surface area (Å²) in [4.78, 5) is 89.3. The maximum Gasteiger partial charge on any atom is 0.308 e. The molecule has 1 saturated heterocycles. The maximum absolute atomic E-state index is 12.1. The molecule has 25 nitrogen and oxygen atoms in total. The minimum Gasteiger partial charge on any atom is -0.495 e. The van der Waals surface area contributed by atoms with Gasteiger partial charge in [-0.1, -0.05) is 114 Å². The van der Waals surface area contributed by atoms with Gasteiger partial charge in [0.25, 0.3) is 0 Å². The number of methoxy groups -OCH3 is 7. The first-order chi connectivity index (χ1) is 53.3. The number of hydrogen-bond donors (Lipinski definition) is 6. The SMILES string of the molecule is C=CC(=O)NC1CN(C(C)=O)CCC1Nc1ncc2cc(-c3c(Cl)c(OC)cc(OC)c3Cl)ccc2n1.C=CC(=O)N[C@H]1CC[C@H](C(=C)N)C[C@H]1Nc1ncc2cc(-c3c(Cl)c(OC)cc(OC)c3Cl)ccc2n1.C=CC(=O)N[C@H]1C[C@@H](C(=O)OC)C[C@H]1Cc1ncc2cc(-c3c(Cl)c(OC)cc(OC)c3Cl)ccc2n1. The number of esters is 1. The number of carbonyl (C=O) groups is 5. The van der Waals surface area contributed by atoms with Crippen LogP contribution in [-0.2, 0) is 35.1 Å². The summed E-state index contributed by atoms with van der Waals surface area (Å²) in [6.45, 7) is 17.0. The Morgan fingerprint density at radius 3 is 1.27 bits per heavy atom. The number of hydrogen-bond acceptors (Lipinski definition) is 21. The molecule has 2 unspecified atom stereocenters. The summed E-state index contributed by atoms with van der Waals surface area (Å²) in [7, 11) is 10.5. The Labute approximate surface area is 671 Å². The molecule has 7 N–H and O–H groups in total. The molecular weight excluding hydrogens is 1550 g/mol. The van der Waals surface area contributed by atoms with Crippen LogP contribution < -0.4 is 60.7 Å². The molecule has 9 aromatic rings. The smallest absolute Gasteiger partial charge is 0.308 e. The van der Waals surface area contributed by atoms with E-state index in [1.54, 1.807) is 41.7 Å². The monoisotopic (exact) mass is 1630 g/mol. The first kappa shape index (κ1) is 83.1. The van der Waals surface area contributed by atoms with Gasteiger partial charge in [-0.15, -0.1) is 0 Å². The maximum atomic E-state index is 12.1. The Hall–Kier alpha value is -10.4. The minimum atomic E-state index is -0.322. The Kier molecular flexibility index (Phi) is 28.1. The van der Waals surface area contributed by atoms with E-state index >= 15 is 0 Å². The third-order valence-electron chi connectivity index (χ3n) is 19.7. The topological polar surface area (TPSA) is 317 Å². The van der Waals surface area contributed by atoms with Crippen LogP contribution in [0, 0.1) is 17.8 Å². The molecule has 31 heteroatoms. The number of nitrogens with one attached hydrogen (secondary N) is 5. The molecule has 0 spiro atoms. The number of aromatic nitrogens is 6. The fraction of sp³-hybridized carbons (Fsp3) is 0.312. The van der Waals surface area contributed by atoms with Gasteiger partial charge in [-0.2, -0.15) is 0 Å². The number of nitrogens with two attached hydrogens (primary N) is 1. The van der Waals surface area contributed by atoms with E-state index < -0.39 is 0 Å². The molecule has 0 radical (unpaired) electrons. The van der Waals surface area contributed by atoms with Gasteiger partial charge in [0.2, 0.25) is 35.5 Å². The quantitative estimate of drug-likeness (QED) is 0.0256. The lowest BCUT2D eigenvalue weighted by atomic mass is 9.81. The second kappa shape index (κ2) is 37.5. The summed E-state index contributed by atoms with van der Waals surface area (Å²) in [6, 6.07) is 20.9. The molecule has 4 heterocycles. The highest BCUT2D eigenvalue weighted by atomic mass is 35.5. The third-order valence-corrected chi connectivity index (χ3v) is 21.9. The summed E-state index contributed by atoms with van der Waals surface area (Å²) in [5.41, 5.74) is 12.9. The van der Waals surface area contributed by atoms with E-state index in [4.69, 9.17) is 118 Å². The second-order valence-electron chi connectivity index (χ2n) is 26.3. The number of halogens is 6. The highest BCUT2D eigenvalue weighted by molar-refractivity contribution is 6.42. The van der Waals surface area contributed by atoms with Gasteiger partial charge in [-0.3, -0.25) is 24.0 Å². The number of fused-ring (bicyclic) bond motifs is 3. The fourth-order valence-corrected chi connectivity index (χ4v) is 16.0. The Morgan fingerprint density at radius 1 is 0.486 bits per heavy atom. The summed E-state index contributed by atoms with van der Waals surface area (Å²) in [5.74, 6) is 2.90. The molecule has 2 aliphatic carbocycles. The molecule has 4 amide bonds. The molecule has 3 fully saturated rings. The van der Waals surface area contributed by atoms with Crippen molar-refractivity contribution >= 4 is 144 Å². The van der Waals surface area contributed by atoms with E-state index in [2.05, 4.69) is 72.8 Å². The summed E-state index contributed by atoms with van der Waals surface area (Å²) in [6.07, 6.45) is 13.4. The van der Waals surface area contributed by atoms with Gasteiger partial charge < -0.3 is 70.4 Å². The van der Waals surface area contributed by atoms with E-state index in [1.165, 1.54) is 74.9 Å². The van der Waals surface area contributed by atoms with Crippen LogP contribution in [0.4, 0.5) is 11.9 Å². The van der Waals surface area contributed by atoms with Crippen molar-refractivity contribution in [3.63, 3.8) is 0 Å². The standard InChI is InChI=1S/C27H29Cl2N5O3.C27H27Cl2N3O5.C26H27Cl2N5O4/c1-5-23(35)32-19-9-6-15(14(2)30)11-20(19)34-27-31-13-17-10-16(7-8-18(17)33-27)24-25(28)21(36-3)12-22(37-4)26(24)29;1-5-23(33)32-19-10-16(27(34)37-4)9-15(19)11-22-30-13-17-8-14(6-7-18(17)31-22)24-25(28)20(35-2)12-21(36-3)26(24)29;1-5-22(35)30-19-13-33(14(2)34)9-8-18(19)32-26-29-12-16-10-15(6-7-17(16)31-26)23-24(27)20(36-3)11-21(37-4)25(23)28/h5,7-8,10,12-13,15,19-20H,1-2,6,9,11,30H2,3-4H3,(H,32,35)(H,31,33,34);5-8,12-13,15-16,19H,1,9-11H2,2-4H3,(H,32,33);5-7,10-12,18-19H,1,8-9,13H2,2-4H3,(H,30,35)(H,29,31,32)/t15-,19-,20+;15-,16-,19-;/m00./s1. The van der Waals surface area contributed by atoms with Crippen LogP contribution in [0.3, 0.4) is 0 Å². The normalized spacial score (nSPS) is 18.5. The average molecular weight is 1630 g/mol. The van der Waals surface area contributed by atoms with Gasteiger partial charge in [0, 0.05) is 120 Å².